The summed E-state index contributed by atoms with van der Waals surface area (Å²) in [6.45, 7) is 0. The molecule has 18 heavy (non-hydrogen) atoms. The zero-order chi connectivity index (χ0) is 13.1. The maximum Gasteiger partial charge on any atom is 1.00 e. The van der Waals surface area contributed by atoms with Crippen LogP contribution in [0, 0.1) is 0 Å². The molecule has 0 aliphatic heterocycles. The Kier molecular flexibility index (Phi) is 26.2. The summed E-state index contributed by atoms with van der Waals surface area (Å²) in [6.07, 6.45) is -1.53. The second kappa shape index (κ2) is 17.5. The van der Waals surface area contributed by atoms with Gasteiger partial charge in [-0.25, -0.2) is 0 Å². The maximum absolute atomic E-state index is 9.64. The topological polar surface area (TPSA) is 155 Å². The molecule has 0 fully saturated rings. The Hall–Kier alpha value is 0.516. The molecular formula is C8H10KNaO8. The van der Waals surface area contributed by atoms with E-state index < -0.39 is 36.7 Å². The largest absolute Gasteiger partial charge is 1.00 e. The molecule has 8 nitrogen and oxygen atoms in total. The van der Waals surface area contributed by atoms with Crippen molar-refractivity contribution in [2.45, 2.75) is 25.7 Å². The Morgan fingerprint density at radius 2 is 0.944 bits per heavy atom. The zero-order valence-corrected chi connectivity index (χ0v) is 15.3. The molecule has 0 radical (unpaired) electrons. The monoisotopic (exact) mass is 296 g/mol. The van der Waals surface area contributed by atoms with E-state index in [2.05, 4.69) is 0 Å². The van der Waals surface area contributed by atoms with Crippen molar-refractivity contribution >= 4 is 23.9 Å². The molecular weight excluding hydrogens is 286 g/mol. The van der Waals surface area contributed by atoms with Crippen LogP contribution < -0.4 is 91.2 Å². The quantitative estimate of drug-likeness (QED) is 0.458. The van der Waals surface area contributed by atoms with Gasteiger partial charge in [0.15, 0.2) is 0 Å². The molecule has 0 amide bonds. The predicted octanol–water partition coefficient (Wildman–Crippen LogP) is -8.79. The first-order valence-electron chi connectivity index (χ1n) is 4.09. The third-order valence-electron chi connectivity index (χ3n) is 1.09. The van der Waals surface area contributed by atoms with Crippen molar-refractivity contribution in [1.82, 2.24) is 0 Å². The molecule has 2 N–H and O–H groups in total. The van der Waals surface area contributed by atoms with Crippen LogP contribution in [-0.2, 0) is 19.2 Å². The van der Waals surface area contributed by atoms with Gasteiger partial charge in [0.05, 0.1) is 12.8 Å². The average Bonchev–Trinajstić information content (AvgIpc) is 2.12. The molecule has 0 aromatic rings. The van der Waals surface area contributed by atoms with E-state index in [1.165, 1.54) is 0 Å². The molecule has 0 aromatic heterocycles. The summed E-state index contributed by atoms with van der Waals surface area (Å²) < 4.78 is 0. The standard InChI is InChI=1S/2C4H6O4.K.Na/c2*5-3(6)1-2-4(7)8;;/h2*1-2H2,(H,5,6)(H,7,8);;/q;;2*+1/p-2. The van der Waals surface area contributed by atoms with Crippen molar-refractivity contribution in [3.05, 3.63) is 0 Å². The summed E-state index contributed by atoms with van der Waals surface area (Å²) in [6, 6.07) is 0. The third-order valence-corrected chi connectivity index (χ3v) is 1.09. The van der Waals surface area contributed by atoms with Gasteiger partial charge >= 0.3 is 92.9 Å². The van der Waals surface area contributed by atoms with E-state index >= 15 is 0 Å². The van der Waals surface area contributed by atoms with Gasteiger partial charge in [-0.2, -0.15) is 0 Å². The van der Waals surface area contributed by atoms with Crippen molar-refractivity contribution in [3.63, 3.8) is 0 Å². The Bertz CT molecular complexity index is 224. The Labute approximate surface area is 167 Å². The number of rotatable bonds is 6. The summed E-state index contributed by atoms with van der Waals surface area (Å²) in [5.41, 5.74) is 0. The molecule has 0 bridgehead atoms. The SMILES string of the molecule is O=C(O)CCC(=O)O.O=C([O-])CCC(=O)[O-].[K+].[Na+]. The average molecular weight is 296 g/mol. The molecule has 0 spiro atoms. The second-order valence-corrected chi connectivity index (χ2v) is 2.53. The minimum Gasteiger partial charge on any atom is -0.550 e. The van der Waals surface area contributed by atoms with Gasteiger partial charge in [-0.05, 0) is 12.8 Å². The fourth-order valence-corrected chi connectivity index (χ4v) is 0.418. The Morgan fingerprint density at radius 3 is 1.06 bits per heavy atom. The zero-order valence-electron chi connectivity index (χ0n) is 10.2. The molecule has 10 heteroatoms. The van der Waals surface area contributed by atoms with Gasteiger partial charge in [0.25, 0.3) is 0 Å². The van der Waals surface area contributed by atoms with Crippen molar-refractivity contribution in [2.24, 2.45) is 0 Å². The number of hydrogen-bond acceptors (Lipinski definition) is 6. The van der Waals surface area contributed by atoms with Gasteiger partial charge in [-0.3, -0.25) is 9.59 Å². The summed E-state index contributed by atoms with van der Waals surface area (Å²) >= 11 is 0. The van der Waals surface area contributed by atoms with Gasteiger partial charge in [0.2, 0.25) is 0 Å². The number of carbonyl (C=O) groups excluding carboxylic acids is 2. The van der Waals surface area contributed by atoms with Crippen LogP contribution in [0.25, 0.3) is 0 Å². The number of carboxylic acid groups (broad SMARTS) is 4. The van der Waals surface area contributed by atoms with E-state index in [9.17, 15) is 29.4 Å². The van der Waals surface area contributed by atoms with E-state index in [4.69, 9.17) is 10.2 Å². The number of carbonyl (C=O) groups is 4. The van der Waals surface area contributed by atoms with Crippen LogP contribution in [-0.4, -0.2) is 34.1 Å². The van der Waals surface area contributed by atoms with E-state index in [0.717, 1.165) is 0 Å². The van der Waals surface area contributed by atoms with Gasteiger partial charge < -0.3 is 30.0 Å². The van der Waals surface area contributed by atoms with Crippen molar-refractivity contribution in [3.8, 4) is 0 Å². The summed E-state index contributed by atoms with van der Waals surface area (Å²) in [7, 11) is 0. The van der Waals surface area contributed by atoms with Crippen LogP contribution in [0.5, 0.6) is 0 Å². The van der Waals surface area contributed by atoms with Crippen LogP contribution in [0.15, 0.2) is 0 Å². The molecule has 0 aliphatic carbocycles. The first kappa shape index (κ1) is 27.0. The molecule has 0 aromatic carbocycles. The van der Waals surface area contributed by atoms with E-state index in [-0.39, 0.29) is 93.8 Å². The van der Waals surface area contributed by atoms with E-state index in [1.807, 2.05) is 0 Å². The fraction of sp³-hybridized carbons (Fsp3) is 0.500. The molecule has 0 atom stereocenters. The molecule has 92 valence electrons. The van der Waals surface area contributed by atoms with E-state index in [0.29, 0.717) is 0 Å². The normalized spacial score (nSPS) is 7.56. The first-order valence-corrected chi connectivity index (χ1v) is 4.09. The van der Waals surface area contributed by atoms with E-state index in [1.54, 1.807) is 0 Å². The van der Waals surface area contributed by atoms with Crippen molar-refractivity contribution < 1.29 is 121 Å². The maximum atomic E-state index is 9.64. The second-order valence-electron chi connectivity index (χ2n) is 2.53. The van der Waals surface area contributed by atoms with Crippen LogP contribution in [0.1, 0.15) is 25.7 Å². The first-order chi connectivity index (χ1) is 7.25. The summed E-state index contributed by atoms with van der Waals surface area (Å²) in [4.78, 5) is 38.3. The molecule has 0 aliphatic rings. The van der Waals surface area contributed by atoms with Crippen LogP contribution in [0.3, 0.4) is 0 Å². The van der Waals surface area contributed by atoms with Crippen LogP contribution in [0.4, 0.5) is 0 Å². The number of aliphatic carboxylic acids is 4. The predicted molar refractivity (Wildman–Crippen MR) is 43.8 cm³/mol. The van der Waals surface area contributed by atoms with Crippen LogP contribution in [0.2, 0.25) is 0 Å². The van der Waals surface area contributed by atoms with Gasteiger partial charge in [-0.15, -0.1) is 0 Å². The van der Waals surface area contributed by atoms with Crippen LogP contribution >= 0.6 is 0 Å². The van der Waals surface area contributed by atoms with Crippen molar-refractivity contribution in [1.29, 1.82) is 0 Å². The Balaban J connectivity index is -0.0000000980. The minimum absolute atomic E-state index is 0. The van der Waals surface area contributed by atoms with Crippen molar-refractivity contribution in [2.75, 3.05) is 0 Å². The fourth-order valence-electron chi connectivity index (χ4n) is 0.418. The molecule has 0 saturated heterocycles. The third kappa shape index (κ3) is 36.0. The number of carboxylic acids is 4. The molecule has 0 rings (SSSR count). The molecule has 0 unspecified atom stereocenters. The number of hydrogen-bond donors (Lipinski definition) is 2. The summed E-state index contributed by atoms with van der Waals surface area (Å²) in [5.74, 6) is -4.89. The van der Waals surface area contributed by atoms with Gasteiger partial charge in [-0.1, -0.05) is 0 Å². The molecule has 0 saturated carbocycles. The Morgan fingerprint density at radius 1 is 0.722 bits per heavy atom. The minimum atomic E-state index is -1.37. The molecule has 0 heterocycles. The van der Waals surface area contributed by atoms with Gasteiger partial charge in [0.1, 0.15) is 0 Å². The summed E-state index contributed by atoms with van der Waals surface area (Å²) in [5, 5.41) is 34.8. The van der Waals surface area contributed by atoms with Gasteiger partial charge in [0, 0.05) is 11.9 Å². The smallest absolute Gasteiger partial charge is 0.550 e.